The molecule has 1 aromatic rings. The average molecular weight is 249 g/mol. The first kappa shape index (κ1) is 12.5. The van der Waals surface area contributed by atoms with Gasteiger partial charge in [-0.05, 0) is 5.56 Å². The lowest BCUT2D eigenvalue weighted by Gasteiger charge is -2.03. The van der Waals surface area contributed by atoms with E-state index in [0.717, 1.165) is 5.56 Å². The second-order valence-electron chi connectivity index (χ2n) is 4.06. The summed E-state index contributed by atoms with van der Waals surface area (Å²) in [5, 5.41) is 0. The van der Waals surface area contributed by atoms with Gasteiger partial charge in [-0.1, -0.05) is 30.3 Å². The van der Waals surface area contributed by atoms with Crippen molar-refractivity contribution in [2.24, 2.45) is 11.7 Å². The minimum Gasteiger partial charge on any atom is -0.293 e. The quantitative estimate of drug-likeness (QED) is 0.218. The van der Waals surface area contributed by atoms with Crippen LogP contribution in [0.2, 0.25) is 0 Å². The van der Waals surface area contributed by atoms with Crippen molar-refractivity contribution in [1.82, 2.24) is 15.8 Å². The normalized spacial score (nSPS) is 25.3. The summed E-state index contributed by atoms with van der Waals surface area (Å²) in [6.07, 6.45) is 0. The summed E-state index contributed by atoms with van der Waals surface area (Å²) in [5.74, 6) is 9.39. The van der Waals surface area contributed by atoms with Gasteiger partial charge in [0.1, 0.15) is 12.1 Å². The van der Waals surface area contributed by atoms with Gasteiger partial charge in [0.05, 0.1) is 0 Å². The fourth-order valence-corrected chi connectivity index (χ4v) is 2.03. The van der Waals surface area contributed by atoms with Crippen molar-refractivity contribution in [2.45, 2.75) is 18.6 Å². The van der Waals surface area contributed by atoms with Crippen LogP contribution in [0.5, 0.6) is 0 Å². The van der Waals surface area contributed by atoms with Crippen molar-refractivity contribution in [3.63, 3.8) is 0 Å². The molecule has 1 heterocycles. The molecule has 1 aliphatic rings. The Bertz CT molecular complexity index is 428. The first-order valence-corrected chi connectivity index (χ1v) is 5.49. The molecule has 1 fully saturated rings. The van der Waals surface area contributed by atoms with Crippen LogP contribution >= 0.6 is 0 Å². The van der Waals surface area contributed by atoms with E-state index in [9.17, 15) is 9.59 Å². The van der Waals surface area contributed by atoms with Crippen molar-refractivity contribution in [3.05, 3.63) is 35.9 Å². The third kappa shape index (κ3) is 2.33. The minimum atomic E-state index is -0.557. The van der Waals surface area contributed by atoms with Crippen LogP contribution in [0.4, 0.5) is 0 Å². The number of nitrogens with one attached hydrogen (secondary N) is 2. The molecule has 0 aromatic heterocycles. The molecule has 18 heavy (non-hydrogen) atoms. The van der Waals surface area contributed by atoms with E-state index < -0.39 is 12.1 Å². The number of hydrazine groups is 2. The third-order valence-corrected chi connectivity index (χ3v) is 2.95. The van der Waals surface area contributed by atoms with Crippen LogP contribution in [-0.2, 0) is 16.1 Å². The summed E-state index contributed by atoms with van der Waals surface area (Å²) in [5.41, 5.74) is 5.11. The average Bonchev–Trinajstić information content (AvgIpc) is 3.12. The standard InChI is InChI=1S/C11H15N5O2/c12-14-10(17)8-9(11(18)15-13)16(8)6-7-4-2-1-3-5-7/h1-5,8-9H,6,12-13H2,(H,14,17)(H,15,18). The van der Waals surface area contributed by atoms with Crippen molar-refractivity contribution in [1.29, 1.82) is 0 Å². The number of hydrogen-bond acceptors (Lipinski definition) is 5. The second-order valence-corrected chi connectivity index (χ2v) is 4.06. The summed E-state index contributed by atoms with van der Waals surface area (Å²) >= 11 is 0. The zero-order valence-corrected chi connectivity index (χ0v) is 9.67. The van der Waals surface area contributed by atoms with Crippen LogP contribution < -0.4 is 22.5 Å². The van der Waals surface area contributed by atoms with E-state index in [4.69, 9.17) is 11.7 Å². The zero-order valence-electron chi connectivity index (χ0n) is 9.67. The van der Waals surface area contributed by atoms with Crippen molar-refractivity contribution < 1.29 is 9.59 Å². The molecule has 1 aliphatic heterocycles. The number of nitrogens with zero attached hydrogens (tertiary/aromatic N) is 1. The Labute approximate surface area is 104 Å². The van der Waals surface area contributed by atoms with Gasteiger partial charge in [-0.15, -0.1) is 0 Å². The SMILES string of the molecule is NNC(=O)C1C(C(=O)NN)N1Cc1ccccc1. The molecule has 2 unspecified atom stereocenters. The van der Waals surface area contributed by atoms with Crippen LogP contribution in [0.15, 0.2) is 30.3 Å². The van der Waals surface area contributed by atoms with Crippen LogP contribution in [0, 0.1) is 0 Å². The second kappa shape index (κ2) is 5.13. The summed E-state index contributed by atoms with van der Waals surface area (Å²) in [6, 6.07) is 8.43. The number of nitrogens with two attached hydrogens (primary N) is 2. The Morgan fingerprint density at radius 3 is 2.00 bits per heavy atom. The first-order chi connectivity index (χ1) is 8.69. The summed E-state index contributed by atoms with van der Waals surface area (Å²) in [6.45, 7) is 0.497. The number of amides is 2. The Morgan fingerprint density at radius 1 is 1.06 bits per heavy atom. The van der Waals surface area contributed by atoms with Gasteiger partial charge >= 0.3 is 0 Å². The lowest BCUT2D eigenvalue weighted by Crippen LogP contribution is -2.39. The molecule has 6 N–H and O–H groups in total. The van der Waals surface area contributed by atoms with Crippen molar-refractivity contribution in [2.75, 3.05) is 0 Å². The van der Waals surface area contributed by atoms with E-state index in [1.807, 2.05) is 30.3 Å². The highest BCUT2D eigenvalue weighted by Crippen LogP contribution is 2.30. The van der Waals surface area contributed by atoms with Crippen LogP contribution in [0.25, 0.3) is 0 Å². The van der Waals surface area contributed by atoms with Gasteiger partial charge in [0.15, 0.2) is 0 Å². The molecular weight excluding hydrogens is 234 g/mol. The topological polar surface area (TPSA) is 113 Å². The highest BCUT2D eigenvalue weighted by molar-refractivity contribution is 5.97. The Morgan fingerprint density at radius 2 is 1.56 bits per heavy atom. The smallest absolute Gasteiger partial charge is 0.253 e. The van der Waals surface area contributed by atoms with Gasteiger partial charge in [0, 0.05) is 6.54 Å². The Kier molecular flexibility index (Phi) is 3.56. The van der Waals surface area contributed by atoms with Gasteiger partial charge in [-0.25, -0.2) is 11.7 Å². The maximum Gasteiger partial charge on any atom is 0.253 e. The van der Waals surface area contributed by atoms with Crippen molar-refractivity contribution >= 4 is 11.8 Å². The predicted octanol–water partition coefficient (Wildman–Crippen LogP) is -1.78. The maximum atomic E-state index is 11.5. The van der Waals surface area contributed by atoms with E-state index in [2.05, 4.69) is 10.9 Å². The fourth-order valence-electron chi connectivity index (χ4n) is 2.03. The summed E-state index contributed by atoms with van der Waals surface area (Å²) in [7, 11) is 0. The number of carbonyl (C=O) groups is 2. The summed E-state index contributed by atoms with van der Waals surface area (Å²) in [4.78, 5) is 24.7. The molecule has 2 atom stereocenters. The summed E-state index contributed by atoms with van der Waals surface area (Å²) < 4.78 is 0. The lowest BCUT2D eigenvalue weighted by atomic mass is 10.2. The zero-order chi connectivity index (χ0) is 13.1. The molecule has 0 spiro atoms. The molecule has 1 aromatic carbocycles. The highest BCUT2D eigenvalue weighted by Gasteiger charge is 2.56. The monoisotopic (exact) mass is 249 g/mol. The van der Waals surface area contributed by atoms with E-state index >= 15 is 0 Å². The Hall–Kier alpha value is -1.96. The molecule has 96 valence electrons. The largest absolute Gasteiger partial charge is 0.293 e. The maximum absolute atomic E-state index is 11.5. The van der Waals surface area contributed by atoms with Gasteiger partial charge in [-0.3, -0.25) is 25.3 Å². The molecule has 1 saturated heterocycles. The number of carbonyl (C=O) groups excluding carboxylic acids is 2. The van der Waals surface area contributed by atoms with E-state index in [1.54, 1.807) is 4.90 Å². The molecule has 2 rings (SSSR count). The lowest BCUT2D eigenvalue weighted by molar-refractivity contribution is -0.124. The molecular formula is C11H15N5O2. The number of hydrogen-bond donors (Lipinski definition) is 4. The van der Waals surface area contributed by atoms with E-state index in [0.29, 0.717) is 6.54 Å². The highest BCUT2D eigenvalue weighted by atomic mass is 16.2. The molecule has 7 nitrogen and oxygen atoms in total. The third-order valence-electron chi connectivity index (χ3n) is 2.95. The number of benzene rings is 1. The van der Waals surface area contributed by atoms with Gasteiger partial charge in [-0.2, -0.15) is 0 Å². The van der Waals surface area contributed by atoms with Gasteiger partial charge in [0.2, 0.25) is 0 Å². The van der Waals surface area contributed by atoms with Gasteiger partial charge in [0.25, 0.3) is 11.8 Å². The predicted molar refractivity (Wildman–Crippen MR) is 64.2 cm³/mol. The van der Waals surface area contributed by atoms with E-state index in [-0.39, 0.29) is 11.8 Å². The molecule has 0 saturated carbocycles. The fraction of sp³-hybridized carbons (Fsp3) is 0.273. The first-order valence-electron chi connectivity index (χ1n) is 5.49. The van der Waals surface area contributed by atoms with Gasteiger partial charge < -0.3 is 0 Å². The minimum absolute atomic E-state index is 0.389. The molecule has 0 aliphatic carbocycles. The number of rotatable bonds is 4. The van der Waals surface area contributed by atoms with Crippen LogP contribution in [0.1, 0.15) is 5.56 Å². The van der Waals surface area contributed by atoms with Crippen LogP contribution in [0.3, 0.4) is 0 Å². The van der Waals surface area contributed by atoms with E-state index in [1.165, 1.54) is 0 Å². The Balaban J connectivity index is 2.07. The van der Waals surface area contributed by atoms with Crippen LogP contribution in [-0.4, -0.2) is 28.8 Å². The molecule has 0 bridgehead atoms. The molecule has 2 amide bonds. The molecule has 7 heteroatoms. The molecule has 0 radical (unpaired) electrons. The van der Waals surface area contributed by atoms with Crippen molar-refractivity contribution in [3.8, 4) is 0 Å².